The highest BCUT2D eigenvalue weighted by Gasteiger charge is 2.14. The second-order valence-corrected chi connectivity index (χ2v) is 7.73. The van der Waals surface area contributed by atoms with Crippen LogP contribution in [0.2, 0.25) is 0 Å². The minimum absolute atomic E-state index is 0.00465. The highest BCUT2D eigenvalue weighted by Crippen LogP contribution is 2.32. The molecule has 0 unspecified atom stereocenters. The van der Waals surface area contributed by atoms with E-state index in [0.717, 1.165) is 23.6 Å². The average Bonchev–Trinajstić information content (AvgIpc) is 3.06. The number of nitrogens with zero attached hydrogens (tertiary/aromatic N) is 1. The number of benzene rings is 1. The maximum atomic E-state index is 12.1. The zero-order chi connectivity index (χ0) is 20.7. The summed E-state index contributed by atoms with van der Waals surface area (Å²) in [6.45, 7) is 7.48. The van der Waals surface area contributed by atoms with E-state index in [1.807, 2.05) is 51.1 Å². The summed E-state index contributed by atoms with van der Waals surface area (Å²) in [4.78, 5) is 16.6. The number of guanidine groups is 1. The number of furan rings is 1. The van der Waals surface area contributed by atoms with Crippen LogP contribution in [0.15, 0.2) is 46.0 Å². The third-order valence-corrected chi connectivity index (χ3v) is 3.92. The molecule has 0 spiro atoms. The fourth-order valence-corrected chi connectivity index (χ4v) is 2.71. The molecule has 0 fully saturated rings. The molecule has 0 saturated heterocycles. The first kappa shape index (κ1) is 20.6. The molecule has 1 aliphatic rings. The number of hydrogen-bond donors (Lipinski definition) is 3. The van der Waals surface area contributed by atoms with Crippen molar-refractivity contribution >= 4 is 17.6 Å². The lowest BCUT2D eigenvalue weighted by atomic mass is 10.1. The van der Waals surface area contributed by atoms with Crippen molar-refractivity contribution in [3.8, 4) is 11.5 Å². The van der Waals surface area contributed by atoms with Crippen molar-refractivity contribution in [3.05, 3.63) is 42.4 Å². The van der Waals surface area contributed by atoms with Gasteiger partial charge in [-0.05, 0) is 45.0 Å². The molecule has 0 saturated carbocycles. The van der Waals surface area contributed by atoms with E-state index >= 15 is 0 Å². The third-order valence-electron chi connectivity index (χ3n) is 3.92. The Morgan fingerprint density at radius 1 is 1.14 bits per heavy atom. The molecule has 2 aromatic rings. The lowest BCUT2D eigenvalue weighted by Crippen LogP contribution is -2.42. The Balaban J connectivity index is 1.70. The Morgan fingerprint density at radius 2 is 1.93 bits per heavy atom. The Hall–Kier alpha value is -3.16. The van der Waals surface area contributed by atoms with Gasteiger partial charge in [0.15, 0.2) is 17.5 Å². The minimum atomic E-state index is -0.309. The van der Waals surface area contributed by atoms with Crippen LogP contribution in [0.4, 0.5) is 5.69 Å². The average molecular weight is 400 g/mol. The van der Waals surface area contributed by atoms with E-state index in [-0.39, 0.29) is 18.0 Å². The summed E-state index contributed by atoms with van der Waals surface area (Å²) in [5.41, 5.74) is 0.465. The number of amides is 1. The van der Waals surface area contributed by atoms with Gasteiger partial charge < -0.3 is 29.8 Å². The molecule has 1 aromatic carbocycles. The summed E-state index contributed by atoms with van der Waals surface area (Å²) < 4.78 is 16.8. The van der Waals surface area contributed by atoms with E-state index in [0.29, 0.717) is 31.5 Å². The van der Waals surface area contributed by atoms with Crippen molar-refractivity contribution in [2.24, 2.45) is 4.99 Å². The van der Waals surface area contributed by atoms with Gasteiger partial charge in [-0.15, -0.1) is 0 Å². The predicted octanol–water partition coefficient (Wildman–Crippen LogP) is 2.91. The standard InChI is InChI=1S/C21H28N4O4/c1-21(2,3)25-19(26)14-23-20(22-13-16-6-4-9-27-16)24-15-7-8-17-18(12-15)29-11-5-10-28-17/h4,6-9,12H,5,10-11,13-14H2,1-3H3,(H,25,26)(H2,22,23,24). The quantitative estimate of drug-likeness (QED) is 0.527. The van der Waals surface area contributed by atoms with Crippen molar-refractivity contribution in [2.45, 2.75) is 39.3 Å². The van der Waals surface area contributed by atoms with Crippen molar-refractivity contribution in [2.75, 3.05) is 25.1 Å². The summed E-state index contributed by atoms with van der Waals surface area (Å²) in [6, 6.07) is 9.29. The molecule has 29 heavy (non-hydrogen) atoms. The molecule has 2 heterocycles. The van der Waals surface area contributed by atoms with Crippen molar-refractivity contribution < 1.29 is 18.7 Å². The molecule has 0 bridgehead atoms. The topological polar surface area (TPSA) is 97.1 Å². The smallest absolute Gasteiger partial charge is 0.242 e. The summed E-state index contributed by atoms with van der Waals surface area (Å²) in [7, 11) is 0. The Bertz CT molecular complexity index is 841. The van der Waals surface area contributed by atoms with Gasteiger partial charge in [-0.25, -0.2) is 4.99 Å². The minimum Gasteiger partial charge on any atom is -0.490 e. The van der Waals surface area contributed by atoms with E-state index in [2.05, 4.69) is 20.9 Å². The number of anilines is 1. The Morgan fingerprint density at radius 3 is 2.66 bits per heavy atom. The predicted molar refractivity (Wildman–Crippen MR) is 111 cm³/mol. The number of ether oxygens (including phenoxy) is 2. The molecule has 0 atom stereocenters. The van der Waals surface area contributed by atoms with Crippen LogP contribution in [-0.2, 0) is 11.3 Å². The van der Waals surface area contributed by atoms with Gasteiger partial charge in [0.05, 0.1) is 26.0 Å². The highest BCUT2D eigenvalue weighted by atomic mass is 16.5. The second kappa shape index (κ2) is 9.36. The highest BCUT2D eigenvalue weighted by molar-refractivity contribution is 5.95. The van der Waals surface area contributed by atoms with Gasteiger partial charge in [0, 0.05) is 23.7 Å². The van der Waals surface area contributed by atoms with E-state index < -0.39 is 0 Å². The molecule has 1 aliphatic heterocycles. The maximum absolute atomic E-state index is 12.1. The molecule has 8 heteroatoms. The molecule has 0 aliphatic carbocycles. The van der Waals surface area contributed by atoms with E-state index in [1.54, 1.807) is 6.26 Å². The molecule has 1 amide bonds. The van der Waals surface area contributed by atoms with Gasteiger partial charge in [-0.1, -0.05) is 0 Å². The number of fused-ring (bicyclic) bond motifs is 1. The Kier molecular flexibility index (Phi) is 6.64. The number of hydrogen-bond acceptors (Lipinski definition) is 5. The Labute approximate surface area is 170 Å². The molecule has 8 nitrogen and oxygen atoms in total. The van der Waals surface area contributed by atoms with Crippen LogP contribution in [0.25, 0.3) is 0 Å². The summed E-state index contributed by atoms with van der Waals surface area (Å²) in [6.07, 6.45) is 2.46. The van der Waals surface area contributed by atoms with Crippen LogP contribution in [0.1, 0.15) is 33.0 Å². The maximum Gasteiger partial charge on any atom is 0.242 e. The number of carbonyl (C=O) groups excluding carboxylic acids is 1. The van der Waals surface area contributed by atoms with Crippen LogP contribution >= 0.6 is 0 Å². The molecular weight excluding hydrogens is 372 g/mol. The molecule has 3 rings (SSSR count). The fourth-order valence-electron chi connectivity index (χ4n) is 2.71. The van der Waals surface area contributed by atoms with Gasteiger partial charge >= 0.3 is 0 Å². The summed E-state index contributed by atoms with van der Waals surface area (Å²) >= 11 is 0. The first-order valence-corrected chi connectivity index (χ1v) is 9.67. The first-order chi connectivity index (χ1) is 13.9. The third kappa shape index (κ3) is 6.74. The molecule has 0 radical (unpaired) electrons. The summed E-state index contributed by atoms with van der Waals surface area (Å²) in [5, 5.41) is 9.29. The molecule has 1 aromatic heterocycles. The molecule has 3 N–H and O–H groups in total. The van der Waals surface area contributed by atoms with Crippen LogP contribution < -0.4 is 25.4 Å². The van der Waals surface area contributed by atoms with E-state index in [1.165, 1.54) is 0 Å². The van der Waals surface area contributed by atoms with Crippen molar-refractivity contribution in [3.63, 3.8) is 0 Å². The summed E-state index contributed by atoms with van der Waals surface area (Å²) in [5.74, 6) is 2.47. The van der Waals surface area contributed by atoms with Crippen LogP contribution in [0.5, 0.6) is 11.5 Å². The monoisotopic (exact) mass is 400 g/mol. The normalized spacial score (nSPS) is 14.1. The molecular formula is C21H28N4O4. The van der Waals surface area contributed by atoms with Gasteiger partial charge in [0.25, 0.3) is 0 Å². The first-order valence-electron chi connectivity index (χ1n) is 9.67. The van der Waals surface area contributed by atoms with Crippen LogP contribution in [0, 0.1) is 0 Å². The zero-order valence-corrected chi connectivity index (χ0v) is 17.1. The van der Waals surface area contributed by atoms with Crippen molar-refractivity contribution in [1.82, 2.24) is 10.6 Å². The van der Waals surface area contributed by atoms with E-state index in [4.69, 9.17) is 13.9 Å². The molecule has 156 valence electrons. The lowest BCUT2D eigenvalue weighted by Gasteiger charge is -2.20. The number of rotatable bonds is 5. The second-order valence-electron chi connectivity index (χ2n) is 7.73. The van der Waals surface area contributed by atoms with Gasteiger partial charge in [0.1, 0.15) is 12.3 Å². The largest absolute Gasteiger partial charge is 0.490 e. The lowest BCUT2D eigenvalue weighted by molar-refractivity contribution is -0.121. The van der Waals surface area contributed by atoms with Gasteiger partial charge in [-0.3, -0.25) is 4.79 Å². The SMILES string of the molecule is CC(C)(C)NC(=O)CN=C(NCc1ccco1)Nc1ccc2c(c1)OCCCO2. The fraction of sp³-hybridized carbons (Fsp3) is 0.429. The zero-order valence-electron chi connectivity index (χ0n) is 17.1. The van der Waals surface area contributed by atoms with Gasteiger partial charge in [0.2, 0.25) is 5.91 Å². The van der Waals surface area contributed by atoms with Crippen LogP contribution in [-0.4, -0.2) is 37.2 Å². The van der Waals surface area contributed by atoms with E-state index in [9.17, 15) is 4.79 Å². The van der Waals surface area contributed by atoms with Crippen LogP contribution in [0.3, 0.4) is 0 Å². The van der Waals surface area contributed by atoms with Gasteiger partial charge in [-0.2, -0.15) is 0 Å². The number of nitrogens with one attached hydrogen (secondary N) is 3. The van der Waals surface area contributed by atoms with Crippen molar-refractivity contribution in [1.29, 1.82) is 0 Å². The number of carbonyl (C=O) groups is 1. The number of aliphatic imine (C=N–C) groups is 1.